The van der Waals surface area contributed by atoms with Gasteiger partial charge in [-0.1, -0.05) is 18.2 Å². The maximum absolute atomic E-state index is 12.4. The summed E-state index contributed by atoms with van der Waals surface area (Å²) in [7, 11) is 0. The molecule has 1 amide bonds. The molecule has 1 aliphatic rings. The lowest BCUT2D eigenvalue weighted by Gasteiger charge is -2.34. The topological polar surface area (TPSA) is 65.5 Å². The van der Waals surface area contributed by atoms with Crippen LogP contribution in [-0.2, 0) is 6.61 Å². The molecule has 1 aromatic carbocycles. The lowest BCUT2D eigenvalue weighted by atomic mass is 10.0. The van der Waals surface area contributed by atoms with Gasteiger partial charge in [0.25, 0.3) is 5.91 Å². The number of benzene rings is 1. The minimum Gasteiger partial charge on any atom is -0.392 e. The van der Waals surface area contributed by atoms with Crippen molar-refractivity contribution in [1.82, 2.24) is 10.3 Å². The Labute approximate surface area is 142 Å². The molecule has 5 nitrogen and oxygen atoms in total. The standard InChI is InChI=1S/C19H23N3O2/c1-14-4-2-3-5-17(14)19(24)21-16-7-10-22(11-8-16)18-6-9-20-12-15(18)13-23/h2-6,9,12,16,23H,7-8,10-11,13H2,1H3,(H,21,24). The van der Waals surface area contributed by atoms with Gasteiger partial charge in [0.05, 0.1) is 6.61 Å². The molecule has 2 heterocycles. The van der Waals surface area contributed by atoms with Gasteiger partial charge in [0.15, 0.2) is 0 Å². The average Bonchev–Trinajstić information content (AvgIpc) is 2.62. The summed E-state index contributed by atoms with van der Waals surface area (Å²) in [5.74, 6) is 0.00603. The van der Waals surface area contributed by atoms with E-state index < -0.39 is 0 Å². The molecule has 5 heteroatoms. The van der Waals surface area contributed by atoms with Crippen molar-refractivity contribution in [3.8, 4) is 0 Å². The number of hydrogen-bond acceptors (Lipinski definition) is 4. The molecule has 1 aromatic heterocycles. The van der Waals surface area contributed by atoms with E-state index in [2.05, 4.69) is 15.2 Å². The van der Waals surface area contributed by atoms with Crippen molar-refractivity contribution < 1.29 is 9.90 Å². The van der Waals surface area contributed by atoms with Crippen LogP contribution in [-0.4, -0.2) is 35.1 Å². The molecule has 2 aromatic rings. The van der Waals surface area contributed by atoms with E-state index in [0.717, 1.165) is 48.3 Å². The van der Waals surface area contributed by atoms with Crippen molar-refractivity contribution in [2.24, 2.45) is 0 Å². The number of hydrogen-bond donors (Lipinski definition) is 2. The fraction of sp³-hybridized carbons (Fsp3) is 0.368. The molecule has 0 unspecified atom stereocenters. The van der Waals surface area contributed by atoms with Gasteiger partial charge in [-0.15, -0.1) is 0 Å². The Hall–Kier alpha value is -2.40. The van der Waals surface area contributed by atoms with E-state index in [4.69, 9.17) is 0 Å². The van der Waals surface area contributed by atoms with Crippen LogP contribution in [0, 0.1) is 6.92 Å². The fourth-order valence-corrected chi connectivity index (χ4v) is 3.21. The van der Waals surface area contributed by atoms with E-state index in [9.17, 15) is 9.90 Å². The summed E-state index contributed by atoms with van der Waals surface area (Å²) in [6.45, 7) is 3.66. The number of aromatic nitrogens is 1. The van der Waals surface area contributed by atoms with E-state index in [1.165, 1.54) is 0 Å². The van der Waals surface area contributed by atoms with E-state index in [1.54, 1.807) is 12.4 Å². The van der Waals surface area contributed by atoms with Crippen LogP contribution in [0.2, 0.25) is 0 Å². The Morgan fingerprint density at radius 3 is 2.75 bits per heavy atom. The zero-order valence-corrected chi connectivity index (χ0v) is 13.9. The minimum atomic E-state index is -0.00682. The third kappa shape index (κ3) is 3.57. The molecule has 0 radical (unpaired) electrons. The Kier molecular flexibility index (Phi) is 5.11. The third-order valence-electron chi connectivity index (χ3n) is 4.61. The van der Waals surface area contributed by atoms with Crippen molar-refractivity contribution in [2.45, 2.75) is 32.4 Å². The Morgan fingerprint density at radius 1 is 1.29 bits per heavy atom. The molecule has 0 saturated carbocycles. The van der Waals surface area contributed by atoms with Crippen molar-refractivity contribution in [1.29, 1.82) is 0 Å². The van der Waals surface area contributed by atoms with Gasteiger partial charge >= 0.3 is 0 Å². The van der Waals surface area contributed by atoms with Crippen LogP contribution in [0.5, 0.6) is 0 Å². The highest BCUT2D eigenvalue weighted by molar-refractivity contribution is 5.95. The van der Waals surface area contributed by atoms with E-state index in [0.29, 0.717) is 0 Å². The predicted octanol–water partition coefficient (Wildman–Crippen LogP) is 2.28. The molecule has 24 heavy (non-hydrogen) atoms. The SMILES string of the molecule is Cc1ccccc1C(=O)NC1CCN(c2ccncc2CO)CC1. The molecule has 3 rings (SSSR count). The number of anilines is 1. The molecule has 0 bridgehead atoms. The second-order valence-corrected chi connectivity index (χ2v) is 6.21. The summed E-state index contributed by atoms with van der Waals surface area (Å²) in [4.78, 5) is 18.7. The Balaban J connectivity index is 1.59. The number of piperidine rings is 1. The second kappa shape index (κ2) is 7.45. The number of amides is 1. The van der Waals surface area contributed by atoms with Crippen LogP contribution < -0.4 is 10.2 Å². The molecule has 2 N–H and O–H groups in total. The number of pyridine rings is 1. The molecular weight excluding hydrogens is 302 g/mol. The Morgan fingerprint density at radius 2 is 2.04 bits per heavy atom. The molecular formula is C19H23N3O2. The van der Waals surface area contributed by atoms with Crippen LogP contribution in [0.3, 0.4) is 0 Å². The van der Waals surface area contributed by atoms with Crippen molar-refractivity contribution >= 4 is 11.6 Å². The first-order chi connectivity index (χ1) is 11.7. The van der Waals surface area contributed by atoms with Gasteiger partial charge in [-0.3, -0.25) is 9.78 Å². The maximum atomic E-state index is 12.4. The molecule has 0 aliphatic carbocycles. The lowest BCUT2D eigenvalue weighted by molar-refractivity contribution is 0.0930. The largest absolute Gasteiger partial charge is 0.392 e. The quantitative estimate of drug-likeness (QED) is 0.905. The summed E-state index contributed by atoms with van der Waals surface area (Å²) in [5.41, 5.74) is 3.63. The average molecular weight is 325 g/mol. The van der Waals surface area contributed by atoms with E-state index in [-0.39, 0.29) is 18.6 Å². The summed E-state index contributed by atoms with van der Waals surface area (Å²) in [5, 5.41) is 12.6. The molecule has 0 atom stereocenters. The first-order valence-electron chi connectivity index (χ1n) is 8.34. The zero-order valence-electron chi connectivity index (χ0n) is 13.9. The third-order valence-corrected chi connectivity index (χ3v) is 4.61. The number of aliphatic hydroxyl groups excluding tert-OH is 1. The second-order valence-electron chi connectivity index (χ2n) is 6.21. The number of carbonyl (C=O) groups excluding carboxylic acids is 1. The minimum absolute atomic E-state index is 0.00603. The van der Waals surface area contributed by atoms with Gasteiger partial charge in [-0.25, -0.2) is 0 Å². The summed E-state index contributed by atoms with van der Waals surface area (Å²) in [6, 6.07) is 9.79. The van der Waals surface area contributed by atoms with Crippen LogP contribution >= 0.6 is 0 Å². The zero-order chi connectivity index (χ0) is 16.9. The molecule has 1 aliphatic heterocycles. The molecule has 0 spiro atoms. The Bertz CT molecular complexity index is 709. The number of rotatable bonds is 4. The van der Waals surface area contributed by atoms with Gasteiger partial charge in [0.1, 0.15) is 0 Å². The van der Waals surface area contributed by atoms with E-state index in [1.807, 2.05) is 37.3 Å². The highest BCUT2D eigenvalue weighted by atomic mass is 16.3. The van der Waals surface area contributed by atoms with Gasteiger partial charge in [-0.05, 0) is 37.5 Å². The van der Waals surface area contributed by atoms with Gasteiger partial charge in [0.2, 0.25) is 0 Å². The molecule has 1 fully saturated rings. The smallest absolute Gasteiger partial charge is 0.251 e. The fourth-order valence-electron chi connectivity index (χ4n) is 3.21. The summed E-state index contributed by atoms with van der Waals surface area (Å²) >= 11 is 0. The van der Waals surface area contributed by atoms with Crippen LogP contribution in [0.25, 0.3) is 0 Å². The highest BCUT2D eigenvalue weighted by Crippen LogP contribution is 2.23. The number of nitrogens with zero attached hydrogens (tertiary/aromatic N) is 2. The number of aliphatic hydroxyl groups is 1. The van der Waals surface area contributed by atoms with Crippen molar-refractivity contribution in [3.05, 3.63) is 59.4 Å². The lowest BCUT2D eigenvalue weighted by Crippen LogP contribution is -2.45. The first-order valence-corrected chi connectivity index (χ1v) is 8.34. The van der Waals surface area contributed by atoms with E-state index >= 15 is 0 Å². The highest BCUT2D eigenvalue weighted by Gasteiger charge is 2.23. The first kappa shape index (κ1) is 16.5. The van der Waals surface area contributed by atoms with Crippen LogP contribution in [0.15, 0.2) is 42.7 Å². The molecule has 1 saturated heterocycles. The van der Waals surface area contributed by atoms with Crippen molar-refractivity contribution in [2.75, 3.05) is 18.0 Å². The van der Waals surface area contributed by atoms with Crippen LogP contribution in [0.1, 0.15) is 34.3 Å². The number of nitrogens with one attached hydrogen (secondary N) is 1. The predicted molar refractivity (Wildman–Crippen MR) is 94.0 cm³/mol. The summed E-state index contributed by atoms with van der Waals surface area (Å²) in [6.07, 6.45) is 5.25. The monoisotopic (exact) mass is 325 g/mol. The van der Waals surface area contributed by atoms with Crippen molar-refractivity contribution in [3.63, 3.8) is 0 Å². The van der Waals surface area contributed by atoms with Gasteiger partial charge in [0, 0.05) is 48.3 Å². The van der Waals surface area contributed by atoms with Crippen LogP contribution in [0.4, 0.5) is 5.69 Å². The summed E-state index contributed by atoms with van der Waals surface area (Å²) < 4.78 is 0. The normalized spacial score (nSPS) is 15.3. The number of aryl methyl sites for hydroxylation is 1. The van der Waals surface area contributed by atoms with Gasteiger partial charge in [-0.2, -0.15) is 0 Å². The number of carbonyl (C=O) groups is 1. The maximum Gasteiger partial charge on any atom is 0.251 e. The molecule has 126 valence electrons. The van der Waals surface area contributed by atoms with Gasteiger partial charge < -0.3 is 15.3 Å².